The van der Waals surface area contributed by atoms with Crippen LogP contribution in [0.15, 0.2) is 12.1 Å². The number of nitrogens with zero attached hydrogens (tertiary/aromatic N) is 2. The minimum Gasteiger partial charge on any atom is -0.444 e. The molecule has 2 saturated carbocycles. The Bertz CT molecular complexity index is 1690. The second kappa shape index (κ2) is 16.2. The Hall–Kier alpha value is -3.30. The summed E-state index contributed by atoms with van der Waals surface area (Å²) in [6, 6.07) is 1.37. The van der Waals surface area contributed by atoms with Gasteiger partial charge in [0.25, 0.3) is 0 Å². The molecule has 1 aromatic carbocycles. The molecule has 0 bridgehead atoms. The maximum atomic E-state index is 14.0. The summed E-state index contributed by atoms with van der Waals surface area (Å²) in [5.41, 5.74) is 5.94. The summed E-state index contributed by atoms with van der Waals surface area (Å²) in [5.74, 6) is -1.54. The van der Waals surface area contributed by atoms with Gasteiger partial charge in [0.15, 0.2) is 0 Å². The Morgan fingerprint density at radius 1 is 1.00 bits per heavy atom. The molecule has 2 aliphatic heterocycles. The summed E-state index contributed by atoms with van der Waals surface area (Å²) in [5, 5.41) is 3.01. The highest BCUT2D eigenvalue weighted by Crippen LogP contribution is 2.55. The van der Waals surface area contributed by atoms with Crippen molar-refractivity contribution in [3.63, 3.8) is 0 Å². The number of primary amides is 1. The monoisotopic (exact) mass is 799 g/mol. The average molecular weight is 801 g/mol. The largest absolute Gasteiger partial charge is 0.444 e. The van der Waals surface area contributed by atoms with Gasteiger partial charge in [-0.05, 0) is 82.1 Å². The van der Waals surface area contributed by atoms with Crippen LogP contribution >= 0.6 is 23.2 Å². The van der Waals surface area contributed by atoms with Gasteiger partial charge in [0, 0.05) is 19.5 Å². The second-order valence-corrected chi connectivity index (χ2v) is 18.9. The predicted molar refractivity (Wildman–Crippen MR) is 197 cm³/mol. The molecule has 0 aromatic heterocycles. The van der Waals surface area contributed by atoms with Gasteiger partial charge in [-0.1, -0.05) is 62.2 Å². The molecule has 4 N–H and O–H groups in total. The van der Waals surface area contributed by atoms with Crippen molar-refractivity contribution in [1.29, 1.82) is 0 Å². The number of ether oxygens (including phenoxy) is 2. The van der Waals surface area contributed by atoms with Crippen LogP contribution in [0.25, 0.3) is 0 Å². The molecule has 0 spiro atoms. The van der Waals surface area contributed by atoms with Crippen LogP contribution in [-0.4, -0.2) is 83.7 Å². The lowest BCUT2D eigenvalue weighted by Gasteiger charge is -2.28. The Balaban J connectivity index is 1.10. The summed E-state index contributed by atoms with van der Waals surface area (Å²) in [7, 11) is -3.56. The lowest BCUT2D eigenvalue weighted by Crippen LogP contribution is -2.53. The Kier molecular flexibility index (Phi) is 12.5. The molecule has 14 nitrogen and oxygen atoms in total. The number of nitrogens with one attached hydrogen (secondary N) is 2. The van der Waals surface area contributed by atoms with Crippen LogP contribution in [0.3, 0.4) is 0 Å². The van der Waals surface area contributed by atoms with Crippen LogP contribution < -0.4 is 15.8 Å². The highest BCUT2D eigenvalue weighted by atomic mass is 35.5. The molecule has 5 atom stereocenters. The third-order valence-electron chi connectivity index (χ3n) is 10.5. The van der Waals surface area contributed by atoms with Crippen LogP contribution in [0.4, 0.5) is 9.59 Å². The molecule has 1 saturated heterocycles. The maximum Gasteiger partial charge on any atom is 0.410 e. The predicted octanol–water partition coefficient (Wildman–Crippen LogP) is 5.16. The fourth-order valence-corrected chi connectivity index (χ4v) is 8.96. The smallest absolute Gasteiger partial charge is 0.410 e. The van der Waals surface area contributed by atoms with E-state index in [4.69, 9.17) is 38.4 Å². The topological polar surface area (TPSA) is 195 Å². The van der Waals surface area contributed by atoms with Gasteiger partial charge in [-0.25, -0.2) is 18.0 Å². The van der Waals surface area contributed by atoms with E-state index in [1.54, 1.807) is 32.9 Å². The van der Waals surface area contributed by atoms with Crippen LogP contribution in [0, 0.1) is 11.3 Å². The first-order chi connectivity index (χ1) is 24.8. The standard InChI is InChI=1S/C36H51Cl2N5O9S/c1-35(2,3)52-33(47)40-28(11-9-7-5-6-8-10-23-17-36(23,4)32(46)41-53(49,50)25-12-13-25)31(45)43-20-24(16-29(43)30(39)44)51-34(48)42-18-21-14-26(37)27(38)15-22(21)19-42/h14-15,23-25,28-29H,5-13,16-20H2,1-4H3,(H2,39,44)(H,40,47)(H,41,46)/t23-,24-,28+,29+,36+/m1/s1. The van der Waals surface area contributed by atoms with Crippen molar-refractivity contribution in [2.45, 2.75) is 140 Å². The number of nitrogens with two attached hydrogens (primary N) is 1. The normalized spacial score (nSPS) is 24.3. The minimum atomic E-state index is -3.56. The van der Waals surface area contributed by atoms with E-state index in [0.29, 0.717) is 35.7 Å². The van der Waals surface area contributed by atoms with E-state index in [9.17, 15) is 32.4 Å². The van der Waals surface area contributed by atoms with Crippen molar-refractivity contribution in [3.05, 3.63) is 33.3 Å². The van der Waals surface area contributed by atoms with Gasteiger partial charge >= 0.3 is 12.2 Å². The van der Waals surface area contributed by atoms with Crippen LogP contribution in [0.5, 0.6) is 0 Å². The molecule has 0 unspecified atom stereocenters. The molecule has 5 amide bonds. The van der Waals surface area contributed by atoms with E-state index in [2.05, 4.69) is 10.0 Å². The zero-order valence-corrected chi connectivity index (χ0v) is 33.1. The number of hydrogen-bond acceptors (Lipinski definition) is 9. The summed E-state index contributed by atoms with van der Waals surface area (Å²) < 4.78 is 37.8. The van der Waals surface area contributed by atoms with Gasteiger partial charge in [-0.15, -0.1) is 0 Å². The molecule has 53 heavy (non-hydrogen) atoms. The van der Waals surface area contributed by atoms with Crippen LogP contribution in [0.1, 0.15) is 109 Å². The van der Waals surface area contributed by atoms with Crippen molar-refractivity contribution in [3.8, 4) is 0 Å². The molecular weight excluding hydrogens is 749 g/mol. The lowest BCUT2D eigenvalue weighted by molar-refractivity contribution is -0.139. The number of carbonyl (C=O) groups is 5. The Morgan fingerprint density at radius 3 is 2.19 bits per heavy atom. The Morgan fingerprint density at radius 2 is 1.60 bits per heavy atom. The molecule has 1 aromatic rings. The number of unbranched alkanes of at least 4 members (excludes halogenated alkanes) is 4. The maximum absolute atomic E-state index is 14.0. The lowest BCUT2D eigenvalue weighted by atomic mass is 10.0. The first-order valence-electron chi connectivity index (χ1n) is 18.3. The molecule has 4 aliphatic rings. The van der Waals surface area contributed by atoms with Crippen LogP contribution in [0.2, 0.25) is 10.0 Å². The molecule has 2 heterocycles. The molecule has 2 aliphatic carbocycles. The van der Waals surface area contributed by atoms with Gasteiger partial charge in [-0.2, -0.15) is 0 Å². The summed E-state index contributed by atoms with van der Waals surface area (Å²) in [4.78, 5) is 67.8. The average Bonchev–Trinajstić information content (AvgIpc) is 3.94. The van der Waals surface area contributed by atoms with Gasteiger partial charge in [0.2, 0.25) is 27.7 Å². The van der Waals surface area contributed by atoms with E-state index in [0.717, 1.165) is 43.2 Å². The van der Waals surface area contributed by atoms with E-state index < -0.39 is 74.4 Å². The van der Waals surface area contributed by atoms with E-state index in [1.165, 1.54) is 9.80 Å². The second-order valence-electron chi connectivity index (χ2n) is 16.1. The van der Waals surface area contributed by atoms with Gasteiger partial charge < -0.3 is 25.4 Å². The number of hydrogen-bond donors (Lipinski definition) is 3. The van der Waals surface area contributed by atoms with Gasteiger partial charge in [0.05, 0.1) is 27.3 Å². The quantitative estimate of drug-likeness (QED) is 0.201. The molecule has 0 radical (unpaired) electrons. The van der Waals surface area contributed by atoms with Crippen LogP contribution in [-0.2, 0) is 47.0 Å². The first kappa shape index (κ1) is 40.9. The van der Waals surface area contributed by atoms with Gasteiger partial charge in [0.1, 0.15) is 23.8 Å². The Labute approximate surface area is 321 Å². The zero-order chi connectivity index (χ0) is 38.9. The minimum absolute atomic E-state index is 0.0163. The summed E-state index contributed by atoms with van der Waals surface area (Å²) in [6.07, 6.45) is 4.74. The van der Waals surface area contributed by atoms with Crippen molar-refractivity contribution in [2.24, 2.45) is 17.1 Å². The molecule has 294 valence electrons. The molecule has 3 fully saturated rings. The fraction of sp³-hybridized carbons (Fsp3) is 0.694. The van der Waals surface area contributed by atoms with Crippen molar-refractivity contribution in [1.82, 2.24) is 19.8 Å². The number of carbonyl (C=O) groups excluding carboxylic acids is 5. The van der Waals surface area contributed by atoms with E-state index in [-0.39, 0.29) is 38.4 Å². The fourth-order valence-electron chi connectivity index (χ4n) is 7.17. The SMILES string of the molecule is CC(C)(C)OC(=O)N[C@@H](CCCCCCC[C@@H]1C[C@]1(C)C(=O)NS(=O)(=O)C1CC1)C(=O)N1C[C@H](OC(=O)N2Cc3cc(Cl)c(Cl)cc3C2)C[C@H]1C(N)=O. The number of alkyl carbamates (subject to hydrolysis) is 1. The van der Waals surface area contributed by atoms with E-state index >= 15 is 0 Å². The third-order valence-corrected chi connectivity index (χ3v) is 13.1. The van der Waals surface area contributed by atoms with Crippen molar-refractivity contribution < 1.29 is 41.9 Å². The first-order valence-corrected chi connectivity index (χ1v) is 20.7. The summed E-state index contributed by atoms with van der Waals surface area (Å²) in [6.45, 7) is 7.41. The van der Waals surface area contributed by atoms with Crippen molar-refractivity contribution in [2.75, 3.05) is 6.54 Å². The molecule has 17 heteroatoms. The number of sulfonamides is 1. The van der Waals surface area contributed by atoms with Gasteiger partial charge in [-0.3, -0.25) is 24.0 Å². The van der Waals surface area contributed by atoms with Crippen molar-refractivity contribution >= 4 is 63.1 Å². The number of halogens is 2. The highest BCUT2D eigenvalue weighted by Gasteiger charge is 2.56. The number of benzene rings is 1. The number of amides is 5. The number of fused-ring (bicyclic) bond motifs is 1. The number of rotatable bonds is 15. The molecule has 5 rings (SSSR count). The zero-order valence-electron chi connectivity index (χ0n) is 30.8. The number of likely N-dealkylation sites (tertiary alicyclic amines) is 1. The highest BCUT2D eigenvalue weighted by molar-refractivity contribution is 7.90. The van der Waals surface area contributed by atoms with E-state index in [1.807, 2.05) is 6.92 Å². The summed E-state index contributed by atoms with van der Waals surface area (Å²) >= 11 is 12.3. The third kappa shape index (κ3) is 10.5. The molecular formula is C36H51Cl2N5O9S.